The number of ether oxygens (including phenoxy) is 2. The highest BCUT2D eigenvalue weighted by molar-refractivity contribution is 5.83. The Balaban J connectivity index is 3.61. The molecule has 0 bridgehead atoms. The van der Waals surface area contributed by atoms with Gasteiger partial charge in [-0.15, -0.1) is 0 Å². The molecule has 0 spiro atoms. The Kier molecular flexibility index (Phi) is 9.96. The van der Waals surface area contributed by atoms with Crippen molar-refractivity contribution in [3.63, 3.8) is 0 Å². The molecule has 1 saturated heterocycles. The van der Waals surface area contributed by atoms with Crippen LogP contribution in [-0.2, 0) is 19.1 Å². The van der Waals surface area contributed by atoms with E-state index in [1.165, 1.54) is 11.8 Å². The lowest BCUT2D eigenvalue weighted by molar-refractivity contribution is -0.160. The van der Waals surface area contributed by atoms with Crippen molar-refractivity contribution in [3.05, 3.63) is 12.2 Å². The van der Waals surface area contributed by atoms with Gasteiger partial charge in [-0.1, -0.05) is 32.4 Å². The average Bonchev–Trinajstić information content (AvgIpc) is 3.01. The topological polar surface area (TPSA) is 105 Å². The molecule has 6 atom stereocenters. The minimum atomic E-state index is -0.932. The first-order chi connectivity index (χ1) is 15.0. The van der Waals surface area contributed by atoms with Gasteiger partial charge in [0.15, 0.2) is 0 Å². The van der Waals surface area contributed by atoms with E-state index in [9.17, 15) is 19.5 Å². The number of esters is 1. The molecule has 1 aliphatic rings. The van der Waals surface area contributed by atoms with Crippen molar-refractivity contribution in [2.24, 2.45) is 11.8 Å². The molecule has 190 valence electrons. The Morgan fingerprint density at radius 3 is 2.09 bits per heavy atom. The first kappa shape index (κ1) is 28.9. The van der Waals surface area contributed by atoms with Crippen molar-refractivity contribution in [2.45, 2.75) is 118 Å². The maximum absolute atomic E-state index is 13.4. The Hall–Kier alpha value is -2.09. The predicted molar refractivity (Wildman–Crippen MR) is 127 cm³/mol. The molecular formula is C25H44N2O6. The van der Waals surface area contributed by atoms with Gasteiger partial charge in [0.1, 0.15) is 17.2 Å². The third kappa shape index (κ3) is 8.32. The van der Waals surface area contributed by atoms with Crippen LogP contribution in [0.4, 0.5) is 4.79 Å². The fourth-order valence-corrected chi connectivity index (χ4v) is 4.15. The van der Waals surface area contributed by atoms with Crippen molar-refractivity contribution >= 4 is 18.0 Å². The zero-order valence-corrected chi connectivity index (χ0v) is 22.0. The van der Waals surface area contributed by atoms with Crippen molar-refractivity contribution in [2.75, 3.05) is 0 Å². The molecule has 2 N–H and O–H groups in total. The number of nitrogens with one attached hydrogen (secondary N) is 1. The number of nitrogens with zero attached hydrogens (tertiary/aromatic N) is 1. The summed E-state index contributed by atoms with van der Waals surface area (Å²) in [6.07, 6.45) is 3.13. The molecule has 1 heterocycles. The Labute approximate surface area is 199 Å². The van der Waals surface area contributed by atoms with Crippen molar-refractivity contribution in [1.29, 1.82) is 0 Å². The van der Waals surface area contributed by atoms with Gasteiger partial charge in [0.2, 0.25) is 5.91 Å². The third-order valence-electron chi connectivity index (χ3n) is 5.65. The van der Waals surface area contributed by atoms with Gasteiger partial charge in [-0.05, 0) is 60.8 Å². The first-order valence-corrected chi connectivity index (χ1v) is 11.8. The van der Waals surface area contributed by atoms with Crippen LogP contribution in [0, 0.1) is 11.8 Å². The van der Waals surface area contributed by atoms with E-state index < -0.39 is 47.5 Å². The van der Waals surface area contributed by atoms with Crippen LogP contribution in [0.25, 0.3) is 0 Å². The number of carbonyl (C=O) groups is 3. The second-order valence-electron chi connectivity index (χ2n) is 11.0. The summed E-state index contributed by atoms with van der Waals surface area (Å²) >= 11 is 0. The van der Waals surface area contributed by atoms with Crippen LogP contribution in [0.5, 0.6) is 0 Å². The molecule has 0 radical (unpaired) electrons. The standard InChI is InChI=1S/C25H44N2O6/c1-11-13-17-14-18(22(30)32-24(5,6)7)27(23(31)33-25(8,9)10)20(17)19(26-16(4)28)21(29)15(3)12-2/h11,13,15,17-21,29H,12,14H2,1-10H3,(H,26,28)/b13-11-/t15?,17-,18-,19-,20-,21-/m1/s1. The summed E-state index contributed by atoms with van der Waals surface area (Å²) in [6, 6.07) is -2.40. The zero-order valence-electron chi connectivity index (χ0n) is 22.0. The number of hydrogen-bond donors (Lipinski definition) is 2. The van der Waals surface area contributed by atoms with Crippen LogP contribution >= 0.6 is 0 Å². The number of amides is 2. The summed E-state index contributed by atoms with van der Waals surface area (Å²) in [7, 11) is 0. The summed E-state index contributed by atoms with van der Waals surface area (Å²) in [5.41, 5.74) is -1.53. The SMILES string of the molecule is C/C=C\[C@@H]1C[C@H](C(=O)OC(C)(C)C)N(C(=O)OC(C)(C)C)[C@H]1[C@@H](NC(C)=O)[C@H](O)C(C)CC. The van der Waals surface area contributed by atoms with Gasteiger partial charge in [-0.25, -0.2) is 9.59 Å². The van der Waals surface area contributed by atoms with E-state index in [1.807, 2.05) is 32.9 Å². The largest absolute Gasteiger partial charge is 0.458 e. The molecule has 1 aliphatic heterocycles. The number of aliphatic hydroxyl groups is 1. The number of likely N-dealkylation sites (tertiary alicyclic amines) is 1. The summed E-state index contributed by atoms with van der Waals surface area (Å²) < 4.78 is 11.3. The van der Waals surface area contributed by atoms with Gasteiger partial charge in [0, 0.05) is 12.8 Å². The van der Waals surface area contributed by atoms with Crippen LogP contribution < -0.4 is 5.32 Å². The molecule has 1 unspecified atom stereocenters. The summed E-state index contributed by atoms with van der Waals surface area (Å²) in [5.74, 6) is -1.30. The second-order valence-corrected chi connectivity index (χ2v) is 11.0. The van der Waals surface area contributed by atoms with Crippen molar-refractivity contribution in [1.82, 2.24) is 10.2 Å². The van der Waals surface area contributed by atoms with E-state index in [4.69, 9.17) is 9.47 Å². The summed E-state index contributed by atoms with van der Waals surface area (Å²) in [4.78, 5) is 40.1. The lowest BCUT2D eigenvalue weighted by Gasteiger charge is -2.40. The van der Waals surface area contributed by atoms with Gasteiger partial charge in [-0.3, -0.25) is 9.69 Å². The second kappa shape index (κ2) is 11.4. The van der Waals surface area contributed by atoms with E-state index in [0.717, 1.165) is 0 Å². The van der Waals surface area contributed by atoms with Gasteiger partial charge < -0.3 is 19.9 Å². The molecule has 0 aromatic rings. The van der Waals surface area contributed by atoms with Gasteiger partial charge in [0.05, 0.1) is 18.2 Å². The number of hydrogen-bond acceptors (Lipinski definition) is 6. The predicted octanol–water partition coefficient (Wildman–Crippen LogP) is 3.81. The minimum Gasteiger partial charge on any atom is -0.458 e. The molecule has 0 aromatic carbocycles. The molecule has 0 saturated carbocycles. The van der Waals surface area contributed by atoms with Gasteiger partial charge in [0.25, 0.3) is 0 Å². The molecule has 1 rings (SSSR count). The van der Waals surface area contributed by atoms with Crippen LogP contribution in [0.2, 0.25) is 0 Å². The van der Waals surface area contributed by atoms with Crippen molar-refractivity contribution in [3.8, 4) is 0 Å². The van der Waals surface area contributed by atoms with Crippen LogP contribution in [-0.4, -0.2) is 63.4 Å². The smallest absolute Gasteiger partial charge is 0.411 e. The normalized spacial score (nSPS) is 24.3. The van der Waals surface area contributed by atoms with Gasteiger partial charge >= 0.3 is 12.1 Å². The van der Waals surface area contributed by atoms with Crippen LogP contribution in [0.3, 0.4) is 0 Å². The molecule has 1 fully saturated rings. The maximum atomic E-state index is 13.4. The number of allylic oxidation sites excluding steroid dienone is 1. The average molecular weight is 469 g/mol. The van der Waals surface area contributed by atoms with Crippen LogP contribution in [0.1, 0.15) is 82.1 Å². The lowest BCUT2D eigenvalue weighted by Crippen LogP contribution is -2.61. The van der Waals surface area contributed by atoms with Gasteiger partial charge in [-0.2, -0.15) is 0 Å². The molecule has 8 heteroatoms. The molecule has 0 aromatic heterocycles. The number of carbonyl (C=O) groups excluding carboxylic acids is 3. The van der Waals surface area contributed by atoms with E-state index in [-0.39, 0.29) is 17.7 Å². The highest BCUT2D eigenvalue weighted by Crippen LogP contribution is 2.37. The van der Waals surface area contributed by atoms with E-state index in [2.05, 4.69) is 5.32 Å². The Morgan fingerprint density at radius 2 is 1.67 bits per heavy atom. The maximum Gasteiger partial charge on any atom is 0.411 e. The van der Waals surface area contributed by atoms with E-state index >= 15 is 0 Å². The van der Waals surface area contributed by atoms with Crippen molar-refractivity contribution < 1.29 is 29.0 Å². The minimum absolute atomic E-state index is 0.144. The number of rotatable bonds is 7. The molecule has 2 amide bonds. The monoisotopic (exact) mass is 468 g/mol. The molecule has 0 aliphatic carbocycles. The fraction of sp³-hybridized carbons (Fsp3) is 0.800. The highest BCUT2D eigenvalue weighted by atomic mass is 16.6. The quantitative estimate of drug-likeness (QED) is 0.435. The Morgan fingerprint density at radius 1 is 1.12 bits per heavy atom. The number of aliphatic hydroxyl groups excluding tert-OH is 1. The van der Waals surface area contributed by atoms with E-state index in [0.29, 0.717) is 12.8 Å². The highest BCUT2D eigenvalue weighted by Gasteiger charge is 2.53. The molecule has 8 nitrogen and oxygen atoms in total. The third-order valence-corrected chi connectivity index (χ3v) is 5.65. The summed E-state index contributed by atoms with van der Waals surface area (Å²) in [5, 5.41) is 14.0. The van der Waals surface area contributed by atoms with E-state index in [1.54, 1.807) is 41.5 Å². The lowest BCUT2D eigenvalue weighted by atomic mass is 9.85. The zero-order chi connectivity index (χ0) is 25.7. The first-order valence-electron chi connectivity index (χ1n) is 11.8. The molecular weight excluding hydrogens is 424 g/mol. The Bertz CT molecular complexity index is 721. The van der Waals surface area contributed by atoms with Crippen LogP contribution in [0.15, 0.2) is 12.2 Å². The fourth-order valence-electron chi connectivity index (χ4n) is 4.15. The summed E-state index contributed by atoms with van der Waals surface area (Å²) in [6.45, 7) is 17.6. The molecule has 33 heavy (non-hydrogen) atoms.